The molecule has 3 rings (SSSR count). The van der Waals surface area contributed by atoms with Gasteiger partial charge in [-0.05, 0) is 36.5 Å². The second-order valence-electron chi connectivity index (χ2n) is 6.83. The van der Waals surface area contributed by atoms with Crippen molar-refractivity contribution < 1.29 is 17.6 Å². The number of nitrogens with one attached hydrogen (secondary N) is 1. The van der Waals surface area contributed by atoms with Gasteiger partial charge < -0.3 is 5.32 Å². The number of aryl methyl sites for hydroxylation is 1. The van der Waals surface area contributed by atoms with Crippen LogP contribution in [-0.4, -0.2) is 31.4 Å². The van der Waals surface area contributed by atoms with E-state index in [1.807, 2.05) is 18.2 Å². The number of hydrogen-bond donors (Lipinski definition) is 1. The van der Waals surface area contributed by atoms with Gasteiger partial charge in [0, 0.05) is 12.1 Å². The summed E-state index contributed by atoms with van der Waals surface area (Å²) in [6, 6.07) is 13.8. The molecule has 1 aliphatic rings. The van der Waals surface area contributed by atoms with Crippen LogP contribution in [0.4, 0.5) is 4.39 Å². The second-order valence-corrected chi connectivity index (χ2v) is 8.82. The Morgan fingerprint density at radius 2 is 1.89 bits per heavy atom. The summed E-state index contributed by atoms with van der Waals surface area (Å²) >= 11 is 0. The molecule has 2 aromatic rings. The minimum absolute atomic E-state index is 0.127. The molecule has 144 valence electrons. The van der Waals surface area contributed by atoms with Gasteiger partial charge in [-0.3, -0.25) is 4.79 Å². The molecule has 0 saturated heterocycles. The van der Waals surface area contributed by atoms with Gasteiger partial charge in [0.1, 0.15) is 5.82 Å². The predicted molar refractivity (Wildman–Crippen MR) is 102 cm³/mol. The van der Waals surface area contributed by atoms with Crippen LogP contribution in [0, 0.1) is 5.82 Å². The maximum atomic E-state index is 13.9. The highest BCUT2D eigenvalue weighted by molar-refractivity contribution is 7.88. The Labute approximate surface area is 159 Å². The van der Waals surface area contributed by atoms with E-state index in [0.717, 1.165) is 35.4 Å². The van der Waals surface area contributed by atoms with Crippen molar-refractivity contribution in [3.05, 3.63) is 71.0 Å². The summed E-state index contributed by atoms with van der Waals surface area (Å²) in [5.41, 5.74) is 2.52. The summed E-state index contributed by atoms with van der Waals surface area (Å²) in [5.74, 6) is -0.883. The van der Waals surface area contributed by atoms with E-state index in [9.17, 15) is 17.6 Å². The Hall–Kier alpha value is -2.25. The zero-order chi connectivity index (χ0) is 19.4. The first-order valence-electron chi connectivity index (χ1n) is 8.90. The first kappa shape index (κ1) is 19.5. The molecule has 0 aliphatic heterocycles. The first-order chi connectivity index (χ1) is 12.8. The quantitative estimate of drug-likeness (QED) is 0.825. The van der Waals surface area contributed by atoms with E-state index in [1.54, 1.807) is 6.07 Å². The average molecular weight is 390 g/mol. The average Bonchev–Trinajstić information content (AvgIpc) is 2.62. The van der Waals surface area contributed by atoms with Crippen LogP contribution in [-0.2, 0) is 27.8 Å². The predicted octanol–water partition coefficient (Wildman–Crippen LogP) is 2.78. The third-order valence-corrected chi connectivity index (χ3v) is 5.99. The van der Waals surface area contributed by atoms with E-state index in [0.29, 0.717) is 0 Å². The summed E-state index contributed by atoms with van der Waals surface area (Å²) in [5, 5.41) is 2.94. The Morgan fingerprint density at radius 3 is 2.63 bits per heavy atom. The molecule has 27 heavy (non-hydrogen) atoms. The molecular weight excluding hydrogens is 367 g/mol. The SMILES string of the molecule is CS(=O)(=O)N(CC(=O)N[C@@H]1CCCc2ccccc21)Cc1ccccc1F. The monoisotopic (exact) mass is 390 g/mol. The van der Waals surface area contributed by atoms with Crippen molar-refractivity contribution in [3.63, 3.8) is 0 Å². The lowest BCUT2D eigenvalue weighted by atomic mass is 9.88. The molecule has 2 aromatic carbocycles. The zero-order valence-electron chi connectivity index (χ0n) is 15.2. The molecule has 1 atom stereocenters. The number of benzene rings is 2. The normalized spacial score (nSPS) is 16.8. The van der Waals surface area contributed by atoms with Gasteiger partial charge in [0.2, 0.25) is 15.9 Å². The maximum absolute atomic E-state index is 13.9. The smallest absolute Gasteiger partial charge is 0.235 e. The summed E-state index contributed by atoms with van der Waals surface area (Å²) in [6.07, 6.45) is 3.78. The third kappa shape index (κ3) is 4.93. The van der Waals surface area contributed by atoms with Crippen molar-refractivity contribution in [2.45, 2.75) is 31.8 Å². The van der Waals surface area contributed by atoms with E-state index in [4.69, 9.17) is 0 Å². The molecule has 0 bridgehead atoms. The first-order valence-corrected chi connectivity index (χ1v) is 10.7. The van der Waals surface area contributed by atoms with Crippen LogP contribution in [0.2, 0.25) is 0 Å². The third-order valence-electron chi connectivity index (χ3n) is 4.80. The van der Waals surface area contributed by atoms with Crippen LogP contribution in [0.15, 0.2) is 48.5 Å². The number of rotatable bonds is 6. The fourth-order valence-electron chi connectivity index (χ4n) is 3.41. The van der Waals surface area contributed by atoms with Gasteiger partial charge in [-0.25, -0.2) is 12.8 Å². The summed E-state index contributed by atoms with van der Waals surface area (Å²) in [7, 11) is -3.67. The van der Waals surface area contributed by atoms with Crippen LogP contribution < -0.4 is 5.32 Å². The lowest BCUT2D eigenvalue weighted by Gasteiger charge is -2.27. The number of carbonyl (C=O) groups is 1. The van der Waals surface area contributed by atoms with Crippen LogP contribution in [0.25, 0.3) is 0 Å². The number of sulfonamides is 1. The van der Waals surface area contributed by atoms with E-state index in [2.05, 4.69) is 11.4 Å². The molecule has 0 unspecified atom stereocenters. The van der Waals surface area contributed by atoms with Crippen molar-refractivity contribution in [2.24, 2.45) is 0 Å². The van der Waals surface area contributed by atoms with Crippen LogP contribution in [0.1, 0.15) is 35.6 Å². The van der Waals surface area contributed by atoms with Crippen LogP contribution in [0.5, 0.6) is 0 Å². The molecule has 1 aliphatic carbocycles. The Kier molecular flexibility index (Phi) is 5.92. The number of nitrogens with zero attached hydrogens (tertiary/aromatic N) is 1. The van der Waals surface area contributed by atoms with Crippen molar-refractivity contribution in [2.75, 3.05) is 12.8 Å². The lowest BCUT2D eigenvalue weighted by molar-refractivity contribution is -0.122. The van der Waals surface area contributed by atoms with E-state index in [-0.39, 0.29) is 24.7 Å². The van der Waals surface area contributed by atoms with Gasteiger partial charge >= 0.3 is 0 Å². The minimum atomic E-state index is -3.67. The van der Waals surface area contributed by atoms with Crippen molar-refractivity contribution in [3.8, 4) is 0 Å². The molecule has 0 aromatic heterocycles. The molecule has 1 N–H and O–H groups in total. The molecule has 0 radical (unpaired) electrons. The van der Waals surface area contributed by atoms with Gasteiger partial charge in [-0.2, -0.15) is 4.31 Å². The highest BCUT2D eigenvalue weighted by Gasteiger charge is 2.25. The second kappa shape index (κ2) is 8.19. The van der Waals surface area contributed by atoms with Gasteiger partial charge in [0.25, 0.3) is 0 Å². The number of fused-ring (bicyclic) bond motifs is 1. The lowest BCUT2D eigenvalue weighted by Crippen LogP contribution is -2.41. The molecule has 7 heteroatoms. The van der Waals surface area contributed by atoms with Crippen molar-refractivity contribution in [1.29, 1.82) is 0 Å². The number of halogens is 1. The highest BCUT2D eigenvalue weighted by Crippen LogP contribution is 2.29. The van der Waals surface area contributed by atoms with Crippen LogP contribution >= 0.6 is 0 Å². The largest absolute Gasteiger partial charge is 0.348 e. The fraction of sp³-hybridized carbons (Fsp3) is 0.350. The molecule has 0 fully saturated rings. The Balaban J connectivity index is 1.72. The molecule has 0 heterocycles. The molecule has 0 spiro atoms. The molecule has 0 saturated carbocycles. The molecule has 1 amide bonds. The van der Waals surface area contributed by atoms with Gasteiger partial charge in [0.15, 0.2) is 0 Å². The Morgan fingerprint density at radius 1 is 1.19 bits per heavy atom. The topological polar surface area (TPSA) is 66.5 Å². The van der Waals surface area contributed by atoms with Gasteiger partial charge in [-0.1, -0.05) is 42.5 Å². The van der Waals surface area contributed by atoms with Crippen molar-refractivity contribution >= 4 is 15.9 Å². The summed E-state index contributed by atoms with van der Waals surface area (Å²) in [4.78, 5) is 12.5. The van der Waals surface area contributed by atoms with Gasteiger partial charge in [-0.15, -0.1) is 0 Å². The standard InChI is InChI=1S/C20H23FN2O3S/c1-27(25,26)23(13-16-8-3-5-11-18(16)21)14-20(24)22-19-12-6-9-15-7-2-4-10-17(15)19/h2-5,7-8,10-11,19H,6,9,12-14H2,1H3,(H,22,24)/t19-/m1/s1. The van der Waals surface area contributed by atoms with Gasteiger partial charge in [0.05, 0.1) is 18.8 Å². The van der Waals surface area contributed by atoms with E-state index >= 15 is 0 Å². The summed E-state index contributed by atoms with van der Waals surface area (Å²) in [6.45, 7) is -0.522. The fourth-order valence-corrected chi connectivity index (χ4v) is 4.14. The Bertz CT molecular complexity index is 930. The maximum Gasteiger partial charge on any atom is 0.235 e. The zero-order valence-corrected chi connectivity index (χ0v) is 16.0. The molecular formula is C20H23FN2O3S. The highest BCUT2D eigenvalue weighted by atomic mass is 32.2. The minimum Gasteiger partial charge on any atom is -0.348 e. The number of hydrogen-bond acceptors (Lipinski definition) is 3. The number of amides is 1. The van der Waals surface area contributed by atoms with E-state index < -0.39 is 21.7 Å². The molecule has 5 nitrogen and oxygen atoms in total. The van der Waals surface area contributed by atoms with E-state index in [1.165, 1.54) is 23.8 Å². The van der Waals surface area contributed by atoms with Crippen LogP contribution in [0.3, 0.4) is 0 Å². The van der Waals surface area contributed by atoms with Crippen molar-refractivity contribution in [1.82, 2.24) is 9.62 Å². The number of carbonyl (C=O) groups excluding carboxylic acids is 1. The summed E-state index contributed by atoms with van der Waals surface area (Å²) < 4.78 is 39.1.